The molecule has 0 atom stereocenters. The van der Waals surface area contributed by atoms with Crippen LogP contribution in [0.5, 0.6) is 0 Å². The van der Waals surface area contributed by atoms with Crippen LogP contribution in [0.2, 0.25) is 0 Å². The van der Waals surface area contributed by atoms with Crippen LogP contribution < -0.4 is 11.5 Å². The van der Waals surface area contributed by atoms with Crippen molar-refractivity contribution >= 4 is 23.9 Å². The molecule has 0 amide bonds. The van der Waals surface area contributed by atoms with E-state index in [0.717, 1.165) is 25.7 Å². The minimum atomic E-state index is -0.780. The molecule has 0 aromatic carbocycles. The van der Waals surface area contributed by atoms with Gasteiger partial charge < -0.3 is 19.6 Å². The van der Waals surface area contributed by atoms with E-state index in [1.807, 2.05) is 5.64 Å². The Kier molecular flexibility index (Phi) is 14.9. The molecule has 10 heteroatoms. The maximum absolute atomic E-state index is 11.4. The third-order valence-electron chi connectivity index (χ3n) is 3.48. The molecular weight excluding hydrogens is 348 g/mol. The summed E-state index contributed by atoms with van der Waals surface area (Å²) in [6.45, 7) is 0. The number of nitrogens with two attached hydrogens (primary N) is 1. The first-order valence-electron chi connectivity index (χ1n) is 8.71. The Balaban J connectivity index is 3.41. The van der Waals surface area contributed by atoms with Crippen molar-refractivity contribution < 1.29 is 38.8 Å². The average molecular weight is 376 g/mol. The Morgan fingerprint density at radius 2 is 1.04 bits per heavy atom. The van der Waals surface area contributed by atoms with Gasteiger partial charge in [0.1, 0.15) is 0 Å². The zero-order valence-electron chi connectivity index (χ0n) is 14.9. The lowest BCUT2D eigenvalue weighted by Gasteiger charge is -2.06. The topological polar surface area (TPSA) is 154 Å². The molecule has 0 bridgehead atoms. The number of hydrogen-bond acceptors (Lipinski definition) is 9. The number of unbranched alkanes of at least 4 members (excludes halogenated alkanes) is 6. The zero-order valence-corrected chi connectivity index (χ0v) is 14.9. The van der Waals surface area contributed by atoms with E-state index < -0.39 is 23.9 Å². The summed E-state index contributed by atoms with van der Waals surface area (Å²) in [5.41, 5.74) is 1.86. The molecular formula is C16H28N2O8. The van der Waals surface area contributed by atoms with Crippen LogP contribution in [0.25, 0.3) is 0 Å². The summed E-state index contributed by atoms with van der Waals surface area (Å²) in [6, 6.07) is 0. The third-order valence-corrected chi connectivity index (χ3v) is 3.48. The fourth-order valence-corrected chi connectivity index (χ4v) is 2.07. The van der Waals surface area contributed by atoms with Gasteiger partial charge in [-0.3, -0.25) is 19.2 Å². The lowest BCUT2D eigenvalue weighted by atomic mass is 10.1. The second-order valence-electron chi connectivity index (χ2n) is 5.74. The van der Waals surface area contributed by atoms with Gasteiger partial charge in [0.15, 0.2) is 0 Å². The van der Waals surface area contributed by atoms with Crippen molar-refractivity contribution in [1.29, 1.82) is 0 Å². The second-order valence-corrected chi connectivity index (χ2v) is 5.74. The van der Waals surface area contributed by atoms with E-state index in [-0.39, 0.29) is 25.7 Å². The van der Waals surface area contributed by atoms with Gasteiger partial charge >= 0.3 is 23.9 Å². The predicted octanol–water partition coefficient (Wildman–Crippen LogP) is 1.68. The molecule has 0 aromatic rings. The molecule has 10 nitrogen and oxygen atoms in total. The third kappa shape index (κ3) is 16.7. The molecule has 26 heavy (non-hydrogen) atoms. The number of carboxylic acid groups (broad SMARTS) is 1. The molecule has 0 aromatic heterocycles. The fourth-order valence-electron chi connectivity index (χ4n) is 2.07. The summed E-state index contributed by atoms with van der Waals surface area (Å²) in [5.74, 6) is 2.20. The van der Waals surface area contributed by atoms with Crippen molar-refractivity contribution in [3.05, 3.63) is 0 Å². The van der Waals surface area contributed by atoms with Crippen LogP contribution in [-0.2, 0) is 33.7 Å². The van der Waals surface area contributed by atoms with Crippen molar-refractivity contribution in [2.75, 3.05) is 0 Å². The Morgan fingerprint density at radius 1 is 0.654 bits per heavy atom. The summed E-state index contributed by atoms with van der Waals surface area (Å²) in [6.07, 6.45) is 6.28. The lowest BCUT2D eigenvalue weighted by molar-refractivity contribution is -0.198. The molecule has 0 spiro atoms. The highest BCUT2D eigenvalue weighted by Crippen LogP contribution is 2.09. The number of hydrogen-bond donors (Lipinski definition) is 3. The standard InChI is InChI=1S/C16H28N2O8/c17-24-14(21)10-7-8-12-16(23)26-18-25-15(22)11-6-4-2-1-3-5-9-13(19)20/h18H,1-12,17H2,(H,19,20). The highest BCUT2D eigenvalue weighted by atomic mass is 16.9. The number of nitrogens with one attached hydrogen (secondary N) is 1. The Hall–Kier alpha value is -2.20. The van der Waals surface area contributed by atoms with Gasteiger partial charge in [0.2, 0.25) is 0 Å². The SMILES string of the molecule is NOC(=O)CCCCC(=O)ONOC(=O)CCCCCCCCC(=O)O. The van der Waals surface area contributed by atoms with Gasteiger partial charge in [0.05, 0.1) is 0 Å². The van der Waals surface area contributed by atoms with E-state index >= 15 is 0 Å². The van der Waals surface area contributed by atoms with Crippen LogP contribution in [-0.4, -0.2) is 29.0 Å². The zero-order chi connectivity index (χ0) is 19.6. The molecule has 0 rings (SSSR count). The van der Waals surface area contributed by atoms with Crippen LogP contribution in [0.1, 0.15) is 77.0 Å². The van der Waals surface area contributed by atoms with E-state index in [9.17, 15) is 19.2 Å². The normalized spacial score (nSPS) is 10.2. The van der Waals surface area contributed by atoms with E-state index in [1.165, 1.54) is 0 Å². The van der Waals surface area contributed by atoms with Gasteiger partial charge in [0, 0.05) is 31.3 Å². The molecule has 0 saturated carbocycles. The molecule has 0 heterocycles. The van der Waals surface area contributed by atoms with Crippen molar-refractivity contribution in [2.24, 2.45) is 5.90 Å². The quantitative estimate of drug-likeness (QED) is 0.267. The molecule has 0 saturated heterocycles. The van der Waals surface area contributed by atoms with E-state index in [4.69, 9.17) is 5.11 Å². The van der Waals surface area contributed by atoms with Crippen LogP contribution >= 0.6 is 0 Å². The smallest absolute Gasteiger partial charge is 0.328 e. The van der Waals surface area contributed by atoms with Crippen LogP contribution in [0.15, 0.2) is 0 Å². The number of carbonyl (C=O) groups excluding carboxylic acids is 3. The number of carboxylic acids is 1. The molecule has 0 radical (unpaired) electrons. The maximum atomic E-state index is 11.4. The fraction of sp³-hybridized carbons (Fsp3) is 0.750. The summed E-state index contributed by atoms with van der Waals surface area (Å²) in [4.78, 5) is 56.8. The van der Waals surface area contributed by atoms with E-state index in [2.05, 4.69) is 20.4 Å². The molecule has 150 valence electrons. The van der Waals surface area contributed by atoms with E-state index in [0.29, 0.717) is 25.7 Å². The molecule has 0 aliphatic heterocycles. The lowest BCUT2D eigenvalue weighted by Crippen LogP contribution is -2.23. The Bertz CT molecular complexity index is 442. The molecule has 0 unspecified atom stereocenters. The van der Waals surface area contributed by atoms with Gasteiger partial charge in [-0.1, -0.05) is 25.7 Å². The second kappa shape index (κ2) is 16.3. The van der Waals surface area contributed by atoms with Gasteiger partial charge in [-0.15, -0.1) is 0 Å². The summed E-state index contributed by atoms with van der Waals surface area (Å²) in [5, 5.41) is 8.49. The predicted molar refractivity (Wildman–Crippen MR) is 88.6 cm³/mol. The van der Waals surface area contributed by atoms with Crippen molar-refractivity contribution in [1.82, 2.24) is 5.64 Å². The molecule has 0 fully saturated rings. The Morgan fingerprint density at radius 3 is 1.50 bits per heavy atom. The minimum Gasteiger partial charge on any atom is -0.481 e. The van der Waals surface area contributed by atoms with Gasteiger partial charge in [-0.25, -0.2) is 0 Å². The first kappa shape index (κ1) is 23.8. The summed E-state index contributed by atoms with van der Waals surface area (Å²) >= 11 is 0. The largest absolute Gasteiger partial charge is 0.481 e. The van der Waals surface area contributed by atoms with Gasteiger partial charge in [-0.2, -0.15) is 5.90 Å². The highest BCUT2D eigenvalue weighted by molar-refractivity contribution is 5.71. The molecule has 4 N–H and O–H groups in total. The number of aliphatic carboxylic acids is 1. The highest BCUT2D eigenvalue weighted by Gasteiger charge is 2.08. The minimum absolute atomic E-state index is 0.0598. The summed E-state index contributed by atoms with van der Waals surface area (Å²) < 4.78 is 0. The average Bonchev–Trinajstić information content (AvgIpc) is 2.60. The van der Waals surface area contributed by atoms with Crippen molar-refractivity contribution in [3.63, 3.8) is 0 Å². The number of carbonyl (C=O) groups is 4. The summed E-state index contributed by atoms with van der Waals surface area (Å²) in [7, 11) is 0. The van der Waals surface area contributed by atoms with Crippen LogP contribution in [0.4, 0.5) is 0 Å². The Labute approximate surface area is 152 Å². The van der Waals surface area contributed by atoms with Crippen LogP contribution in [0, 0.1) is 0 Å². The van der Waals surface area contributed by atoms with E-state index in [1.54, 1.807) is 0 Å². The van der Waals surface area contributed by atoms with Crippen LogP contribution in [0.3, 0.4) is 0 Å². The van der Waals surface area contributed by atoms with Gasteiger partial charge in [-0.05, 0) is 25.7 Å². The first-order valence-corrected chi connectivity index (χ1v) is 8.71. The maximum Gasteiger partial charge on any atom is 0.328 e. The van der Waals surface area contributed by atoms with Crippen molar-refractivity contribution in [2.45, 2.75) is 77.0 Å². The van der Waals surface area contributed by atoms with Gasteiger partial charge in [0.25, 0.3) is 0 Å². The monoisotopic (exact) mass is 376 g/mol. The molecule has 0 aliphatic rings. The molecule has 0 aliphatic carbocycles. The van der Waals surface area contributed by atoms with Crippen molar-refractivity contribution in [3.8, 4) is 0 Å². The number of rotatable bonds is 16. The first-order chi connectivity index (χ1) is 12.5.